The van der Waals surface area contributed by atoms with Gasteiger partial charge in [0.1, 0.15) is 4.75 Å². The second-order valence-electron chi connectivity index (χ2n) is 7.69. The van der Waals surface area contributed by atoms with Gasteiger partial charge in [0.25, 0.3) is 10.1 Å². The number of nitrogens with two attached hydrogens (primary N) is 1. The van der Waals surface area contributed by atoms with Crippen LogP contribution in [0.1, 0.15) is 85.0 Å². The van der Waals surface area contributed by atoms with Crippen molar-refractivity contribution in [2.24, 2.45) is 11.7 Å². The molecule has 0 saturated heterocycles. The summed E-state index contributed by atoms with van der Waals surface area (Å²) in [6.45, 7) is 6.68. The van der Waals surface area contributed by atoms with E-state index in [2.05, 4.69) is 6.92 Å². The minimum atomic E-state index is -3.58. The van der Waals surface area contributed by atoms with E-state index in [9.17, 15) is 8.42 Å². The summed E-state index contributed by atoms with van der Waals surface area (Å²) in [6, 6.07) is 0. The summed E-state index contributed by atoms with van der Waals surface area (Å²) in [5.74, 6) is -0.0693. The van der Waals surface area contributed by atoms with Gasteiger partial charge in [-0.3, -0.25) is 4.18 Å². The average Bonchev–Trinajstić information content (AvgIpc) is 2.68. The minimum absolute atomic E-state index is 0.0693. The molecule has 0 heterocycles. The normalized spacial score (nSPS) is 21.4. The van der Waals surface area contributed by atoms with Crippen LogP contribution >= 0.6 is 0 Å². The molecule has 2 atom stereocenters. The molecule has 0 amide bonds. The minimum Gasteiger partial charge on any atom is -0.395 e. The number of rotatable bonds is 14. The van der Waals surface area contributed by atoms with E-state index in [1.807, 2.05) is 19.1 Å². The van der Waals surface area contributed by atoms with E-state index < -0.39 is 14.9 Å². The predicted molar refractivity (Wildman–Crippen MR) is 119 cm³/mol. The second-order valence-corrected chi connectivity index (χ2v) is 9.71. The van der Waals surface area contributed by atoms with Crippen molar-refractivity contribution < 1.29 is 17.7 Å². The molecule has 1 aliphatic rings. The van der Waals surface area contributed by atoms with Gasteiger partial charge in [-0.2, -0.15) is 8.42 Å². The lowest BCUT2D eigenvalue weighted by Gasteiger charge is -2.31. The third-order valence-corrected chi connectivity index (χ3v) is 7.31. The largest absolute Gasteiger partial charge is 0.395 e. The van der Waals surface area contributed by atoms with Gasteiger partial charge in [0.15, 0.2) is 0 Å². The molecule has 0 aromatic heterocycles. The zero-order valence-electron chi connectivity index (χ0n) is 18.2. The summed E-state index contributed by atoms with van der Waals surface area (Å²) in [7, 11) is -3.58. The van der Waals surface area contributed by atoms with E-state index in [0.717, 1.165) is 12.8 Å². The first-order valence-electron chi connectivity index (χ1n) is 10.9. The number of allylic oxidation sites excluding steroid dienone is 3. The number of hydrogen-bond donors (Lipinski definition) is 2. The van der Waals surface area contributed by atoms with Crippen LogP contribution in [0.2, 0.25) is 0 Å². The number of aliphatic hydroxyl groups is 1. The third-order valence-electron chi connectivity index (χ3n) is 5.25. The monoisotopic (exact) mass is 417 g/mol. The molecule has 166 valence electrons. The molecular weight excluding hydrogens is 374 g/mol. The SMILES string of the molecule is CCCCCCCCCCCCOS(=O)(=O)C1(C)C=CC=CC1C.NCCO. The third kappa shape index (κ3) is 10.7. The van der Waals surface area contributed by atoms with Crippen molar-refractivity contribution in [1.82, 2.24) is 0 Å². The number of aliphatic hydroxyl groups excluding tert-OH is 1. The number of hydrogen-bond acceptors (Lipinski definition) is 5. The van der Waals surface area contributed by atoms with Crippen LogP contribution < -0.4 is 5.73 Å². The maximum absolute atomic E-state index is 12.5. The highest BCUT2D eigenvalue weighted by Crippen LogP contribution is 2.33. The van der Waals surface area contributed by atoms with Crippen molar-refractivity contribution in [3.05, 3.63) is 24.3 Å². The lowest BCUT2D eigenvalue weighted by molar-refractivity contribution is 0.288. The van der Waals surface area contributed by atoms with Crippen molar-refractivity contribution in [1.29, 1.82) is 0 Å². The molecule has 0 fully saturated rings. The molecule has 0 spiro atoms. The van der Waals surface area contributed by atoms with Gasteiger partial charge < -0.3 is 10.8 Å². The first kappa shape index (κ1) is 27.3. The topological polar surface area (TPSA) is 89.6 Å². The van der Waals surface area contributed by atoms with E-state index in [1.165, 1.54) is 51.4 Å². The molecule has 1 aliphatic carbocycles. The molecule has 0 aromatic rings. The predicted octanol–water partition coefficient (Wildman–Crippen LogP) is 4.71. The van der Waals surface area contributed by atoms with Crippen LogP contribution in [0, 0.1) is 5.92 Å². The van der Waals surface area contributed by atoms with Gasteiger partial charge in [0.05, 0.1) is 13.2 Å². The molecule has 0 saturated carbocycles. The Labute approximate surface area is 173 Å². The van der Waals surface area contributed by atoms with Gasteiger partial charge in [-0.15, -0.1) is 0 Å². The Morgan fingerprint density at radius 3 is 1.96 bits per heavy atom. The van der Waals surface area contributed by atoms with E-state index in [1.54, 1.807) is 19.1 Å². The summed E-state index contributed by atoms with van der Waals surface area (Å²) < 4.78 is 29.3. The van der Waals surface area contributed by atoms with Gasteiger partial charge in [-0.05, 0) is 19.3 Å². The molecule has 2 unspecified atom stereocenters. The smallest absolute Gasteiger partial charge is 0.277 e. The molecule has 28 heavy (non-hydrogen) atoms. The van der Waals surface area contributed by atoms with Crippen LogP contribution in [0.5, 0.6) is 0 Å². The summed E-state index contributed by atoms with van der Waals surface area (Å²) in [6.07, 6.45) is 19.6. The fraction of sp³-hybridized carbons (Fsp3) is 0.818. The van der Waals surface area contributed by atoms with Crippen LogP contribution in [0.25, 0.3) is 0 Å². The highest BCUT2D eigenvalue weighted by atomic mass is 32.2. The summed E-state index contributed by atoms with van der Waals surface area (Å²) in [5.41, 5.74) is 4.78. The Hall–Kier alpha value is -0.690. The van der Waals surface area contributed by atoms with E-state index in [-0.39, 0.29) is 12.5 Å². The quantitative estimate of drug-likeness (QED) is 0.315. The van der Waals surface area contributed by atoms with E-state index >= 15 is 0 Å². The Bertz CT molecular complexity index is 529. The Morgan fingerprint density at radius 1 is 1.00 bits per heavy atom. The van der Waals surface area contributed by atoms with Crippen molar-refractivity contribution in [2.45, 2.75) is 89.7 Å². The zero-order chi connectivity index (χ0) is 21.3. The average molecular weight is 418 g/mol. The molecule has 0 aromatic carbocycles. The van der Waals surface area contributed by atoms with Crippen LogP contribution in [0.4, 0.5) is 0 Å². The van der Waals surface area contributed by atoms with Crippen LogP contribution in [0.3, 0.4) is 0 Å². The maximum Gasteiger partial charge on any atom is 0.277 e. The van der Waals surface area contributed by atoms with Crippen LogP contribution in [0.15, 0.2) is 24.3 Å². The van der Waals surface area contributed by atoms with Crippen molar-refractivity contribution >= 4 is 10.1 Å². The van der Waals surface area contributed by atoms with Gasteiger partial charge >= 0.3 is 0 Å². The molecular formula is C22H43NO4S. The molecule has 6 heteroatoms. The number of unbranched alkanes of at least 4 members (excludes halogenated alkanes) is 9. The highest BCUT2D eigenvalue weighted by molar-refractivity contribution is 7.88. The second kappa shape index (κ2) is 16.1. The Balaban J connectivity index is 0.00000165. The maximum atomic E-state index is 12.5. The molecule has 0 radical (unpaired) electrons. The zero-order valence-corrected chi connectivity index (χ0v) is 19.1. The summed E-state index contributed by atoms with van der Waals surface area (Å²) in [4.78, 5) is 0. The van der Waals surface area contributed by atoms with Gasteiger partial charge in [-0.1, -0.05) is 95.9 Å². The molecule has 3 N–H and O–H groups in total. The summed E-state index contributed by atoms with van der Waals surface area (Å²) in [5, 5.41) is 7.75. The van der Waals surface area contributed by atoms with E-state index in [4.69, 9.17) is 15.0 Å². The fourth-order valence-corrected chi connectivity index (χ4v) is 4.39. The molecule has 1 rings (SSSR count). The van der Waals surface area contributed by atoms with Gasteiger partial charge in [0.2, 0.25) is 0 Å². The lowest BCUT2D eigenvalue weighted by atomic mass is 9.91. The van der Waals surface area contributed by atoms with Crippen molar-refractivity contribution in [3.63, 3.8) is 0 Å². The molecule has 0 aliphatic heterocycles. The van der Waals surface area contributed by atoms with Crippen molar-refractivity contribution in [2.75, 3.05) is 19.8 Å². The van der Waals surface area contributed by atoms with E-state index in [0.29, 0.717) is 13.2 Å². The Morgan fingerprint density at radius 2 is 1.50 bits per heavy atom. The highest BCUT2D eigenvalue weighted by Gasteiger charge is 2.42. The lowest BCUT2D eigenvalue weighted by Crippen LogP contribution is -2.41. The van der Waals surface area contributed by atoms with Crippen LogP contribution in [-0.2, 0) is 14.3 Å². The first-order valence-corrected chi connectivity index (χ1v) is 12.3. The summed E-state index contributed by atoms with van der Waals surface area (Å²) >= 11 is 0. The van der Waals surface area contributed by atoms with Crippen LogP contribution in [-0.4, -0.2) is 38.0 Å². The van der Waals surface area contributed by atoms with Gasteiger partial charge in [-0.25, -0.2) is 0 Å². The van der Waals surface area contributed by atoms with Crippen molar-refractivity contribution in [3.8, 4) is 0 Å². The molecule has 5 nitrogen and oxygen atoms in total. The molecule has 0 bridgehead atoms. The fourth-order valence-electron chi connectivity index (χ4n) is 3.02. The first-order chi connectivity index (χ1) is 13.4. The Kier molecular flexibility index (Phi) is 15.7. The van der Waals surface area contributed by atoms with Gasteiger partial charge in [0, 0.05) is 6.54 Å². The standard InChI is InChI=1S/C20H36O3S.C2H7NO/c1-4-5-6-7-8-9-10-11-12-15-18-23-24(21,22)20(3)17-14-13-16-19(20)2;3-1-2-4/h13-14,16-17,19H,4-12,15,18H2,1-3H3;4H,1-3H2.